The molecule has 0 aliphatic heterocycles. The molecule has 0 saturated heterocycles. The Balaban J connectivity index is 1.40. The molecule has 2 heterocycles. The zero-order valence-electron chi connectivity index (χ0n) is 15.9. The number of benzene rings is 1. The average molecular weight is 391 g/mol. The molecule has 2 N–H and O–H groups in total. The molecular weight excluding hydrogens is 370 g/mol. The minimum Gasteiger partial charge on any atom is -0.484 e. The van der Waals surface area contributed by atoms with E-state index in [9.17, 15) is 9.59 Å². The number of fused-ring (bicyclic) bond motifs is 1. The number of carbonyl (C=O) groups is 1. The van der Waals surface area contributed by atoms with E-state index in [-0.39, 0.29) is 18.1 Å². The van der Waals surface area contributed by atoms with Gasteiger partial charge in [0.15, 0.2) is 6.61 Å². The number of H-pyrrole nitrogens is 1. The Hall–Kier alpha value is -3.42. The Morgan fingerprint density at radius 2 is 2.07 bits per heavy atom. The molecular formula is C21H21N5O3. The third-order valence-corrected chi connectivity index (χ3v) is 5.23. The van der Waals surface area contributed by atoms with E-state index in [1.165, 1.54) is 4.68 Å². The van der Waals surface area contributed by atoms with E-state index < -0.39 is 0 Å². The number of hydrogen-bond acceptors (Lipinski definition) is 5. The van der Waals surface area contributed by atoms with Crippen molar-refractivity contribution in [2.75, 3.05) is 11.9 Å². The van der Waals surface area contributed by atoms with Crippen molar-refractivity contribution < 1.29 is 9.53 Å². The third kappa shape index (κ3) is 3.65. The van der Waals surface area contributed by atoms with Gasteiger partial charge in [0.1, 0.15) is 11.6 Å². The smallest absolute Gasteiger partial charge is 0.263 e. The largest absolute Gasteiger partial charge is 0.484 e. The van der Waals surface area contributed by atoms with E-state index in [0.717, 1.165) is 49.1 Å². The number of aryl methyl sites for hydroxylation is 1. The van der Waals surface area contributed by atoms with Crippen LogP contribution in [0.4, 0.5) is 5.82 Å². The lowest BCUT2D eigenvalue weighted by atomic mass is 10.3. The third-order valence-electron chi connectivity index (χ3n) is 5.23. The van der Waals surface area contributed by atoms with Gasteiger partial charge in [-0.3, -0.25) is 14.6 Å². The topological polar surface area (TPSA) is 102 Å². The Labute approximate surface area is 166 Å². The molecule has 148 valence electrons. The molecule has 1 amide bonds. The van der Waals surface area contributed by atoms with Gasteiger partial charge in [0.2, 0.25) is 5.95 Å². The monoisotopic (exact) mass is 391 g/mol. The summed E-state index contributed by atoms with van der Waals surface area (Å²) >= 11 is 0. The number of anilines is 1. The molecule has 29 heavy (non-hydrogen) atoms. The van der Waals surface area contributed by atoms with Gasteiger partial charge in [-0.1, -0.05) is 18.2 Å². The Morgan fingerprint density at radius 1 is 1.24 bits per heavy atom. The first-order valence-electron chi connectivity index (χ1n) is 9.87. The average Bonchev–Trinajstić information content (AvgIpc) is 3.31. The van der Waals surface area contributed by atoms with E-state index in [2.05, 4.69) is 20.4 Å². The highest BCUT2D eigenvalue weighted by Crippen LogP contribution is 2.40. The molecule has 0 spiro atoms. The molecule has 2 aromatic heterocycles. The molecule has 5 rings (SSSR count). The van der Waals surface area contributed by atoms with Crippen molar-refractivity contribution in [1.29, 1.82) is 0 Å². The molecule has 1 aromatic carbocycles. The lowest BCUT2D eigenvalue weighted by Gasteiger charge is -2.10. The van der Waals surface area contributed by atoms with Crippen LogP contribution in [0.15, 0.2) is 41.2 Å². The van der Waals surface area contributed by atoms with Crippen molar-refractivity contribution in [3.63, 3.8) is 0 Å². The van der Waals surface area contributed by atoms with Crippen LogP contribution in [0, 0.1) is 0 Å². The van der Waals surface area contributed by atoms with Crippen molar-refractivity contribution in [1.82, 2.24) is 19.7 Å². The molecule has 3 aromatic rings. The van der Waals surface area contributed by atoms with Crippen LogP contribution < -0.4 is 15.6 Å². The Bertz CT molecular complexity index is 1120. The first-order chi connectivity index (χ1) is 14.2. The van der Waals surface area contributed by atoms with Gasteiger partial charge in [0.25, 0.3) is 11.5 Å². The highest BCUT2D eigenvalue weighted by Gasteiger charge is 2.29. The maximum Gasteiger partial charge on any atom is 0.263 e. The van der Waals surface area contributed by atoms with Crippen LogP contribution in [0.5, 0.6) is 5.75 Å². The molecule has 1 fully saturated rings. The fraction of sp³-hybridized carbons (Fsp3) is 0.333. The van der Waals surface area contributed by atoms with Crippen LogP contribution in [-0.2, 0) is 17.6 Å². The maximum absolute atomic E-state index is 12.4. The van der Waals surface area contributed by atoms with E-state index in [4.69, 9.17) is 4.74 Å². The molecule has 0 atom stereocenters. The summed E-state index contributed by atoms with van der Waals surface area (Å²) in [5, 5.41) is 7.45. The standard InChI is InChI=1S/C21H21N5O3/c27-19(12-29-14-5-2-1-3-6-14)23-18-11-17(13-9-10-13)25-26(18)21-22-16-8-4-7-15(16)20(28)24-21/h1-3,5-6,11,13H,4,7-10,12H2,(H,23,27)(H,22,24,28). The number of hydrogen-bond donors (Lipinski definition) is 2. The minimum absolute atomic E-state index is 0.123. The molecule has 1 saturated carbocycles. The molecule has 0 bridgehead atoms. The Morgan fingerprint density at radius 3 is 2.86 bits per heavy atom. The van der Waals surface area contributed by atoms with Crippen LogP contribution in [0.2, 0.25) is 0 Å². The lowest BCUT2D eigenvalue weighted by molar-refractivity contribution is -0.118. The van der Waals surface area contributed by atoms with Crippen molar-refractivity contribution in [3.8, 4) is 11.7 Å². The van der Waals surface area contributed by atoms with E-state index in [1.807, 2.05) is 24.3 Å². The molecule has 0 radical (unpaired) electrons. The summed E-state index contributed by atoms with van der Waals surface area (Å²) in [5.41, 5.74) is 2.34. The second-order valence-electron chi connectivity index (χ2n) is 7.46. The summed E-state index contributed by atoms with van der Waals surface area (Å²) < 4.78 is 7.04. The van der Waals surface area contributed by atoms with Gasteiger partial charge >= 0.3 is 0 Å². The van der Waals surface area contributed by atoms with Gasteiger partial charge in [-0.25, -0.2) is 4.98 Å². The summed E-state index contributed by atoms with van der Waals surface area (Å²) in [6.45, 7) is -0.123. The highest BCUT2D eigenvalue weighted by atomic mass is 16.5. The van der Waals surface area contributed by atoms with Crippen molar-refractivity contribution in [2.45, 2.75) is 38.0 Å². The first-order valence-corrected chi connectivity index (χ1v) is 9.87. The van der Waals surface area contributed by atoms with Crippen LogP contribution >= 0.6 is 0 Å². The second kappa shape index (κ2) is 7.20. The summed E-state index contributed by atoms with van der Waals surface area (Å²) in [5.74, 6) is 1.53. The number of aromatic nitrogens is 4. The number of carbonyl (C=O) groups excluding carboxylic acids is 1. The first kappa shape index (κ1) is 17.7. The van der Waals surface area contributed by atoms with Crippen LogP contribution in [0.1, 0.15) is 42.1 Å². The van der Waals surface area contributed by atoms with Gasteiger partial charge in [-0.05, 0) is 44.2 Å². The quantitative estimate of drug-likeness (QED) is 0.672. The molecule has 2 aliphatic carbocycles. The number of amides is 1. The van der Waals surface area contributed by atoms with Gasteiger partial charge < -0.3 is 10.1 Å². The predicted octanol–water partition coefficient (Wildman–Crippen LogP) is 2.34. The SMILES string of the molecule is O=C(COc1ccccc1)Nc1cc(C2CC2)nn1-c1nc2c(c(=O)[nH]1)CCC2. The number of ether oxygens (including phenoxy) is 1. The summed E-state index contributed by atoms with van der Waals surface area (Å²) in [6, 6.07) is 11.0. The fourth-order valence-electron chi connectivity index (χ4n) is 3.60. The number of nitrogens with one attached hydrogen (secondary N) is 2. The van der Waals surface area contributed by atoms with Gasteiger partial charge in [-0.15, -0.1) is 0 Å². The normalized spacial score (nSPS) is 15.2. The summed E-state index contributed by atoms with van der Waals surface area (Å²) in [6.07, 6.45) is 4.63. The van der Waals surface area contributed by atoms with Gasteiger partial charge in [0.05, 0.1) is 11.4 Å². The molecule has 8 heteroatoms. The molecule has 2 aliphatic rings. The van der Waals surface area contributed by atoms with Crippen LogP contribution in [0.25, 0.3) is 5.95 Å². The highest BCUT2D eigenvalue weighted by molar-refractivity contribution is 5.91. The lowest BCUT2D eigenvalue weighted by Crippen LogP contribution is -2.24. The minimum atomic E-state index is -0.305. The number of nitrogens with zero attached hydrogens (tertiary/aromatic N) is 3. The van der Waals surface area contributed by atoms with Crippen molar-refractivity contribution in [3.05, 3.63) is 63.7 Å². The number of para-hydroxylation sites is 1. The van der Waals surface area contributed by atoms with Crippen molar-refractivity contribution >= 4 is 11.7 Å². The fourth-order valence-corrected chi connectivity index (χ4v) is 3.60. The second-order valence-corrected chi connectivity index (χ2v) is 7.46. The van der Waals surface area contributed by atoms with Crippen LogP contribution in [-0.4, -0.2) is 32.3 Å². The Kier molecular flexibility index (Phi) is 4.38. The van der Waals surface area contributed by atoms with Crippen molar-refractivity contribution in [2.24, 2.45) is 0 Å². The maximum atomic E-state index is 12.4. The summed E-state index contributed by atoms with van der Waals surface area (Å²) in [4.78, 5) is 32.3. The van der Waals surface area contributed by atoms with E-state index >= 15 is 0 Å². The number of rotatable bonds is 6. The molecule has 0 unspecified atom stereocenters. The van der Waals surface area contributed by atoms with Gasteiger partial charge in [0, 0.05) is 17.5 Å². The zero-order valence-corrected chi connectivity index (χ0v) is 15.9. The summed E-state index contributed by atoms with van der Waals surface area (Å²) in [7, 11) is 0. The molecule has 8 nitrogen and oxygen atoms in total. The van der Waals surface area contributed by atoms with Gasteiger partial charge in [-0.2, -0.15) is 9.78 Å². The van der Waals surface area contributed by atoms with E-state index in [0.29, 0.717) is 23.4 Å². The predicted molar refractivity (Wildman–Crippen MR) is 107 cm³/mol. The van der Waals surface area contributed by atoms with E-state index in [1.54, 1.807) is 12.1 Å². The van der Waals surface area contributed by atoms with Crippen LogP contribution in [0.3, 0.4) is 0 Å². The number of aromatic amines is 1. The zero-order chi connectivity index (χ0) is 19.8.